The smallest absolute Gasteiger partial charge is 0.416 e. The van der Waals surface area contributed by atoms with E-state index in [1.165, 1.54) is 12.1 Å². The van der Waals surface area contributed by atoms with Crippen LogP contribution in [0.5, 0.6) is 5.75 Å². The van der Waals surface area contributed by atoms with Gasteiger partial charge in [0.2, 0.25) is 5.89 Å². The Morgan fingerprint density at radius 1 is 1.21 bits per heavy atom. The molecule has 2 heterocycles. The Morgan fingerprint density at radius 2 is 1.97 bits per heavy atom. The monoisotopic (exact) mass is 474 g/mol. The van der Waals surface area contributed by atoms with Crippen molar-refractivity contribution in [3.63, 3.8) is 0 Å². The quantitative estimate of drug-likeness (QED) is 0.474. The number of carboxylic acid groups (broad SMARTS) is 1. The third-order valence-electron chi connectivity index (χ3n) is 5.90. The first-order valence-corrected chi connectivity index (χ1v) is 11.0. The molecule has 1 atom stereocenters. The van der Waals surface area contributed by atoms with Crippen LogP contribution in [0.4, 0.5) is 13.2 Å². The van der Waals surface area contributed by atoms with Gasteiger partial charge in [-0.3, -0.25) is 9.69 Å². The van der Waals surface area contributed by atoms with Gasteiger partial charge >= 0.3 is 12.1 Å². The second-order valence-electron chi connectivity index (χ2n) is 8.36. The van der Waals surface area contributed by atoms with E-state index in [9.17, 15) is 23.1 Å². The highest BCUT2D eigenvalue weighted by molar-refractivity contribution is 5.73. The molecule has 1 unspecified atom stereocenters. The number of hydrogen-bond acceptors (Lipinski definition) is 5. The first kappa shape index (κ1) is 23.8. The van der Waals surface area contributed by atoms with Crippen molar-refractivity contribution in [2.24, 2.45) is 0 Å². The van der Waals surface area contributed by atoms with Gasteiger partial charge in [-0.15, -0.1) is 0 Å². The summed E-state index contributed by atoms with van der Waals surface area (Å²) in [7, 11) is 0. The number of nitrogens with zero attached hydrogens (tertiary/aromatic N) is 2. The van der Waals surface area contributed by atoms with Crippen molar-refractivity contribution in [1.82, 2.24) is 9.88 Å². The molecule has 0 bridgehead atoms. The minimum absolute atomic E-state index is 0.102. The van der Waals surface area contributed by atoms with Crippen molar-refractivity contribution in [1.29, 1.82) is 0 Å². The second kappa shape index (κ2) is 9.89. The van der Waals surface area contributed by atoms with Crippen molar-refractivity contribution in [2.45, 2.75) is 51.6 Å². The summed E-state index contributed by atoms with van der Waals surface area (Å²) in [5, 5.41) is 9.48. The van der Waals surface area contributed by atoms with E-state index in [0.717, 1.165) is 37.1 Å². The summed E-state index contributed by atoms with van der Waals surface area (Å²) in [5.74, 6) is 0.510. The molecule has 2 aromatic carbocycles. The predicted molar refractivity (Wildman–Crippen MR) is 118 cm³/mol. The number of aryl methyl sites for hydroxylation is 1. The number of hydrogen-bond donors (Lipinski definition) is 1. The van der Waals surface area contributed by atoms with Crippen molar-refractivity contribution < 1.29 is 32.2 Å². The summed E-state index contributed by atoms with van der Waals surface area (Å²) in [4.78, 5) is 17.8. The zero-order valence-electron chi connectivity index (χ0n) is 18.6. The van der Waals surface area contributed by atoms with Gasteiger partial charge in [-0.1, -0.05) is 18.6 Å². The van der Waals surface area contributed by atoms with E-state index in [0.29, 0.717) is 35.7 Å². The molecular weight excluding hydrogens is 449 g/mol. The van der Waals surface area contributed by atoms with Crippen LogP contribution in [0.1, 0.15) is 41.8 Å². The molecule has 1 fully saturated rings. The third-order valence-corrected chi connectivity index (χ3v) is 5.90. The Labute approximate surface area is 195 Å². The van der Waals surface area contributed by atoms with Crippen LogP contribution in [0, 0.1) is 6.92 Å². The number of benzene rings is 2. The average molecular weight is 474 g/mol. The number of halogens is 3. The number of aliphatic carboxylic acids is 1. The lowest BCUT2D eigenvalue weighted by Crippen LogP contribution is -2.43. The molecule has 1 N–H and O–H groups in total. The summed E-state index contributed by atoms with van der Waals surface area (Å²) in [5.41, 5.74) is 1.25. The van der Waals surface area contributed by atoms with E-state index in [4.69, 9.17) is 9.15 Å². The minimum Gasteiger partial charge on any atom is -0.486 e. The predicted octanol–water partition coefficient (Wildman–Crippen LogP) is 5.69. The highest BCUT2D eigenvalue weighted by Gasteiger charge is 2.30. The maximum absolute atomic E-state index is 12.8. The summed E-state index contributed by atoms with van der Waals surface area (Å²) in [6, 6.07) is 11.6. The fourth-order valence-electron chi connectivity index (χ4n) is 4.06. The summed E-state index contributed by atoms with van der Waals surface area (Å²) in [6.07, 6.45) is -1.85. The van der Waals surface area contributed by atoms with Crippen LogP contribution >= 0.6 is 0 Å². The number of rotatable bonds is 7. The zero-order chi connectivity index (χ0) is 24.3. The molecule has 6 nitrogen and oxygen atoms in total. The molecular formula is C25H25F3N2O4. The molecule has 9 heteroatoms. The third kappa shape index (κ3) is 5.59. The lowest BCUT2D eigenvalue weighted by molar-refractivity contribution is -0.145. The van der Waals surface area contributed by atoms with Gasteiger partial charge in [0, 0.05) is 12.1 Å². The topological polar surface area (TPSA) is 75.8 Å². The van der Waals surface area contributed by atoms with Crippen LogP contribution < -0.4 is 4.74 Å². The van der Waals surface area contributed by atoms with Crippen molar-refractivity contribution in [3.8, 4) is 17.2 Å². The molecule has 34 heavy (non-hydrogen) atoms. The van der Waals surface area contributed by atoms with Crippen LogP contribution in [0.2, 0.25) is 0 Å². The fraction of sp³-hybridized carbons (Fsp3) is 0.360. The number of piperidine rings is 1. The van der Waals surface area contributed by atoms with Gasteiger partial charge < -0.3 is 14.3 Å². The van der Waals surface area contributed by atoms with Gasteiger partial charge in [0.25, 0.3) is 0 Å². The van der Waals surface area contributed by atoms with Gasteiger partial charge in [-0.25, -0.2) is 4.98 Å². The Balaban J connectivity index is 1.41. The van der Waals surface area contributed by atoms with Crippen LogP contribution in [-0.2, 0) is 24.1 Å². The van der Waals surface area contributed by atoms with Crippen LogP contribution in [-0.4, -0.2) is 33.5 Å². The second-order valence-corrected chi connectivity index (χ2v) is 8.36. The van der Waals surface area contributed by atoms with Gasteiger partial charge in [-0.05, 0) is 68.3 Å². The fourth-order valence-corrected chi connectivity index (χ4v) is 4.06. The normalized spacial score (nSPS) is 17.0. The van der Waals surface area contributed by atoms with E-state index in [2.05, 4.69) is 4.98 Å². The Hall–Kier alpha value is -3.33. The maximum atomic E-state index is 12.8. The molecule has 0 spiro atoms. The standard InChI is InChI=1S/C25H25F3N2O4/c1-16-22(34-23(29-16)18-8-10-19(11-9-18)25(26,27)28)15-33-20-6-4-5-17(13-20)14-30-12-3-2-7-21(30)24(31)32/h4-6,8-11,13,21H,2-3,7,12,14-15H2,1H3,(H,31,32). The minimum atomic E-state index is -4.40. The van der Waals surface area contributed by atoms with Crippen LogP contribution in [0.3, 0.4) is 0 Å². The molecule has 0 saturated carbocycles. The SMILES string of the molecule is Cc1nc(-c2ccc(C(F)(F)F)cc2)oc1COc1cccc(CN2CCCCC2C(=O)O)c1. The van der Waals surface area contributed by atoms with E-state index < -0.39 is 23.8 Å². The lowest BCUT2D eigenvalue weighted by Gasteiger charge is -2.32. The molecule has 1 aromatic heterocycles. The molecule has 0 amide bonds. The number of likely N-dealkylation sites (tertiary alicyclic amines) is 1. The Morgan fingerprint density at radius 3 is 2.68 bits per heavy atom. The van der Waals surface area contributed by atoms with Crippen molar-refractivity contribution >= 4 is 5.97 Å². The first-order chi connectivity index (χ1) is 16.2. The van der Waals surface area contributed by atoms with E-state index >= 15 is 0 Å². The number of carboxylic acids is 1. The van der Waals surface area contributed by atoms with Gasteiger partial charge in [0.15, 0.2) is 5.76 Å². The number of ether oxygens (including phenoxy) is 1. The number of alkyl halides is 3. The van der Waals surface area contributed by atoms with E-state index in [1.54, 1.807) is 13.0 Å². The summed E-state index contributed by atoms with van der Waals surface area (Å²) < 4.78 is 50.0. The summed E-state index contributed by atoms with van der Waals surface area (Å²) in [6.45, 7) is 3.11. The highest BCUT2D eigenvalue weighted by atomic mass is 19.4. The first-order valence-electron chi connectivity index (χ1n) is 11.0. The van der Waals surface area contributed by atoms with E-state index in [-0.39, 0.29) is 12.5 Å². The van der Waals surface area contributed by atoms with Crippen LogP contribution in [0.25, 0.3) is 11.5 Å². The van der Waals surface area contributed by atoms with Gasteiger partial charge in [0.1, 0.15) is 18.4 Å². The summed E-state index contributed by atoms with van der Waals surface area (Å²) >= 11 is 0. The Bertz CT molecular complexity index is 1140. The average Bonchev–Trinajstić information content (AvgIpc) is 3.18. The highest BCUT2D eigenvalue weighted by Crippen LogP contribution is 2.31. The Kier molecular flexibility index (Phi) is 6.92. The number of oxazole rings is 1. The van der Waals surface area contributed by atoms with Crippen LogP contribution in [0.15, 0.2) is 52.9 Å². The molecule has 1 aliphatic heterocycles. The lowest BCUT2D eigenvalue weighted by atomic mass is 10.0. The van der Waals surface area contributed by atoms with E-state index in [1.807, 2.05) is 23.1 Å². The zero-order valence-corrected chi connectivity index (χ0v) is 18.6. The molecule has 180 valence electrons. The molecule has 3 aromatic rings. The van der Waals surface area contributed by atoms with Crippen molar-refractivity contribution in [2.75, 3.05) is 6.54 Å². The molecule has 1 saturated heterocycles. The number of aromatic nitrogens is 1. The molecule has 1 aliphatic rings. The van der Waals surface area contributed by atoms with Crippen molar-refractivity contribution in [3.05, 3.63) is 71.1 Å². The molecule has 0 aliphatic carbocycles. The largest absolute Gasteiger partial charge is 0.486 e. The van der Waals surface area contributed by atoms with Gasteiger partial charge in [-0.2, -0.15) is 13.2 Å². The maximum Gasteiger partial charge on any atom is 0.416 e. The molecule has 4 rings (SSSR count). The van der Waals surface area contributed by atoms with Gasteiger partial charge in [0.05, 0.1) is 11.3 Å². The number of carbonyl (C=O) groups is 1. The molecule has 0 radical (unpaired) electrons.